The van der Waals surface area contributed by atoms with E-state index in [0.717, 1.165) is 74.8 Å². The number of carbonyl (C=O) groups is 2. The Kier molecular flexibility index (Phi) is 7.67. The maximum absolute atomic E-state index is 13.6. The monoisotopic (exact) mass is 513 g/mol. The van der Waals surface area contributed by atoms with Gasteiger partial charge in [-0.05, 0) is 62.2 Å². The molecule has 8 heteroatoms. The van der Waals surface area contributed by atoms with Gasteiger partial charge in [-0.15, -0.1) is 0 Å². The summed E-state index contributed by atoms with van der Waals surface area (Å²) in [4.78, 5) is 32.8. The lowest BCUT2D eigenvalue weighted by Gasteiger charge is -2.38. The SMILES string of the molecule is COc1ccccc1N1CCN(c2ccc(NC(=O)Nc3ccc(C)cc3)cc2C(=O)N2CCCC2)CC1. The lowest BCUT2D eigenvalue weighted by molar-refractivity contribution is 0.0793. The highest BCUT2D eigenvalue weighted by Gasteiger charge is 2.27. The Balaban J connectivity index is 1.33. The number of amides is 3. The largest absolute Gasteiger partial charge is 0.495 e. The zero-order chi connectivity index (χ0) is 26.5. The van der Waals surface area contributed by atoms with E-state index in [2.05, 4.69) is 26.5 Å². The van der Waals surface area contributed by atoms with Gasteiger partial charge in [0.1, 0.15) is 5.75 Å². The number of urea groups is 1. The van der Waals surface area contributed by atoms with E-state index in [1.165, 1.54) is 0 Å². The summed E-state index contributed by atoms with van der Waals surface area (Å²) in [5, 5.41) is 5.76. The molecular weight excluding hydrogens is 478 g/mol. The topological polar surface area (TPSA) is 77.1 Å². The first kappa shape index (κ1) is 25.4. The van der Waals surface area contributed by atoms with E-state index in [1.54, 1.807) is 7.11 Å². The van der Waals surface area contributed by atoms with Crippen LogP contribution in [0, 0.1) is 6.92 Å². The third kappa shape index (κ3) is 5.69. The Morgan fingerprint density at radius 1 is 0.737 bits per heavy atom. The Morgan fingerprint density at radius 3 is 2.03 bits per heavy atom. The van der Waals surface area contributed by atoms with Gasteiger partial charge < -0.3 is 30.1 Å². The second kappa shape index (κ2) is 11.5. The summed E-state index contributed by atoms with van der Waals surface area (Å²) in [6.07, 6.45) is 2.05. The fourth-order valence-corrected chi connectivity index (χ4v) is 5.16. The summed E-state index contributed by atoms with van der Waals surface area (Å²) in [5.41, 5.74) is 5.05. The van der Waals surface area contributed by atoms with Crippen LogP contribution >= 0.6 is 0 Å². The minimum Gasteiger partial charge on any atom is -0.495 e. The number of nitrogens with one attached hydrogen (secondary N) is 2. The summed E-state index contributed by atoms with van der Waals surface area (Å²) >= 11 is 0. The lowest BCUT2D eigenvalue weighted by atomic mass is 10.1. The van der Waals surface area contributed by atoms with E-state index in [4.69, 9.17) is 4.74 Å². The number of anilines is 4. The number of methoxy groups -OCH3 is 1. The molecule has 0 atom stereocenters. The fraction of sp³-hybridized carbons (Fsp3) is 0.333. The Hall–Kier alpha value is -4.20. The number of carbonyl (C=O) groups excluding carboxylic acids is 2. The van der Waals surface area contributed by atoms with Crippen LogP contribution in [0.15, 0.2) is 66.7 Å². The minimum absolute atomic E-state index is 0.0206. The number of para-hydroxylation sites is 2. The molecule has 2 saturated heterocycles. The van der Waals surface area contributed by atoms with Crippen molar-refractivity contribution in [1.82, 2.24) is 4.90 Å². The second-order valence-electron chi connectivity index (χ2n) is 9.82. The molecule has 0 bridgehead atoms. The number of ether oxygens (including phenoxy) is 1. The fourth-order valence-electron chi connectivity index (χ4n) is 5.16. The smallest absolute Gasteiger partial charge is 0.323 e. The summed E-state index contributed by atoms with van der Waals surface area (Å²) in [6.45, 7) is 6.73. The highest BCUT2D eigenvalue weighted by atomic mass is 16.5. The predicted octanol–water partition coefficient (Wildman–Crippen LogP) is 5.21. The number of benzene rings is 3. The molecule has 198 valence electrons. The van der Waals surface area contributed by atoms with Gasteiger partial charge in [0.25, 0.3) is 5.91 Å². The molecule has 0 aromatic heterocycles. The second-order valence-corrected chi connectivity index (χ2v) is 9.82. The first-order valence-corrected chi connectivity index (χ1v) is 13.2. The van der Waals surface area contributed by atoms with Crippen LogP contribution < -0.4 is 25.2 Å². The molecule has 2 aliphatic heterocycles. The third-order valence-electron chi connectivity index (χ3n) is 7.23. The van der Waals surface area contributed by atoms with Crippen molar-refractivity contribution in [3.63, 3.8) is 0 Å². The van der Waals surface area contributed by atoms with Crippen molar-refractivity contribution in [3.05, 3.63) is 77.9 Å². The van der Waals surface area contributed by atoms with Crippen LogP contribution in [-0.4, -0.2) is 63.2 Å². The van der Waals surface area contributed by atoms with Gasteiger partial charge in [-0.1, -0.05) is 29.8 Å². The highest BCUT2D eigenvalue weighted by molar-refractivity contribution is 6.04. The highest BCUT2D eigenvalue weighted by Crippen LogP contribution is 2.32. The van der Waals surface area contributed by atoms with Gasteiger partial charge in [0.05, 0.1) is 18.4 Å². The molecule has 2 fully saturated rings. The Morgan fingerprint density at radius 2 is 1.34 bits per heavy atom. The standard InChI is InChI=1S/C30H35N5O3/c1-22-9-11-23(12-10-22)31-30(37)32-24-13-14-26(25(21-24)29(36)35-15-5-6-16-35)33-17-19-34(20-18-33)27-7-3-4-8-28(27)38-2/h3-4,7-14,21H,5-6,15-20H2,1-2H3,(H2,31,32,37). The third-order valence-corrected chi connectivity index (χ3v) is 7.23. The lowest BCUT2D eigenvalue weighted by Crippen LogP contribution is -2.47. The summed E-state index contributed by atoms with van der Waals surface area (Å²) in [6, 6.07) is 21.0. The molecule has 0 unspecified atom stereocenters. The molecule has 3 aromatic carbocycles. The van der Waals surface area contributed by atoms with E-state index in [0.29, 0.717) is 16.9 Å². The number of hydrogen-bond acceptors (Lipinski definition) is 5. The van der Waals surface area contributed by atoms with Gasteiger partial charge in [0.15, 0.2) is 0 Å². The van der Waals surface area contributed by atoms with E-state index in [-0.39, 0.29) is 11.9 Å². The number of rotatable bonds is 6. The van der Waals surface area contributed by atoms with Crippen molar-refractivity contribution in [2.24, 2.45) is 0 Å². The average molecular weight is 514 g/mol. The van der Waals surface area contributed by atoms with Gasteiger partial charge in [-0.25, -0.2) is 4.79 Å². The normalized spacial score (nSPS) is 15.4. The number of piperazine rings is 1. The Labute approximate surface area is 224 Å². The maximum Gasteiger partial charge on any atom is 0.323 e. The molecule has 2 heterocycles. The number of aryl methyl sites for hydroxylation is 1. The average Bonchev–Trinajstić information content (AvgIpc) is 3.49. The van der Waals surface area contributed by atoms with Crippen LogP contribution in [0.25, 0.3) is 0 Å². The molecule has 3 amide bonds. The molecule has 5 rings (SSSR count). The van der Waals surface area contributed by atoms with E-state index >= 15 is 0 Å². The molecule has 38 heavy (non-hydrogen) atoms. The van der Waals surface area contributed by atoms with Crippen molar-refractivity contribution >= 4 is 34.7 Å². The zero-order valence-electron chi connectivity index (χ0n) is 22.1. The number of nitrogens with zero attached hydrogens (tertiary/aromatic N) is 3. The van der Waals surface area contributed by atoms with Gasteiger partial charge in [-0.2, -0.15) is 0 Å². The van der Waals surface area contributed by atoms with Crippen LogP contribution in [0.2, 0.25) is 0 Å². The molecule has 2 N–H and O–H groups in total. The van der Waals surface area contributed by atoms with E-state index in [9.17, 15) is 9.59 Å². The van der Waals surface area contributed by atoms with Crippen LogP contribution in [0.4, 0.5) is 27.5 Å². The molecule has 0 radical (unpaired) electrons. The van der Waals surface area contributed by atoms with Gasteiger partial charge in [-0.3, -0.25) is 4.79 Å². The molecule has 0 aliphatic carbocycles. The molecule has 0 spiro atoms. The first-order valence-electron chi connectivity index (χ1n) is 13.2. The van der Waals surface area contributed by atoms with Crippen LogP contribution in [0.3, 0.4) is 0 Å². The van der Waals surface area contributed by atoms with Crippen molar-refractivity contribution < 1.29 is 14.3 Å². The summed E-state index contributed by atoms with van der Waals surface area (Å²) in [5.74, 6) is 0.887. The molecular formula is C30H35N5O3. The van der Waals surface area contributed by atoms with E-state index < -0.39 is 0 Å². The quantitative estimate of drug-likeness (QED) is 0.473. The maximum atomic E-state index is 13.6. The van der Waals surface area contributed by atoms with Gasteiger partial charge in [0.2, 0.25) is 0 Å². The first-order chi connectivity index (χ1) is 18.5. The van der Waals surface area contributed by atoms with Gasteiger partial charge >= 0.3 is 6.03 Å². The molecule has 3 aromatic rings. The molecule has 0 saturated carbocycles. The van der Waals surface area contributed by atoms with E-state index in [1.807, 2.05) is 72.5 Å². The number of likely N-dealkylation sites (tertiary alicyclic amines) is 1. The zero-order valence-corrected chi connectivity index (χ0v) is 22.1. The van der Waals surface area contributed by atoms with Crippen molar-refractivity contribution in [1.29, 1.82) is 0 Å². The van der Waals surface area contributed by atoms with Crippen LogP contribution in [-0.2, 0) is 0 Å². The van der Waals surface area contributed by atoms with Crippen molar-refractivity contribution in [3.8, 4) is 5.75 Å². The van der Waals surface area contributed by atoms with Crippen LogP contribution in [0.1, 0.15) is 28.8 Å². The van der Waals surface area contributed by atoms with Crippen molar-refractivity contribution in [2.75, 3.05) is 66.8 Å². The summed E-state index contributed by atoms with van der Waals surface area (Å²) in [7, 11) is 1.70. The number of hydrogen-bond donors (Lipinski definition) is 2. The van der Waals surface area contributed by atoms with Gasteiger partial charge in [0, 0.05) is 56.3 Å². The Bertz CT molecular complexity index is 1280. The molecule has 2 aliphatic rings. The van der Waals surface area contributed by atoms with Crippen LogP contribution in [0.5, 0.6) is 5.75 Å². The minimum atomic E-state index is -0.341. The molecule has 8 nitrogen and oxygen atoms in total. The predicted molar refractivity (Wildman–Crippen MR) is 153 cm³/mol. The summed E-state index contributed by atoms with van der Waals surface area (Å²) < 4.78 is 5.56. The van der Waals surface area contributed by atoms with Crippen molar-refractivity contribution in [2.45, 2.75) is 19.8 Å².